The molecule has 0 radical (unpaired) electrons. The Morgan fingerprint density at radius 3 is 1.39 bits per heavy atom. The fourth-order valence-electron chi connectivity index (χ4n) is 5.66. The average Bonchev–Trinajstić information content (AvgIpc) is 3.31. The van der Waals surface area contributed by atoms with E-state index in [0.717, 1.165) is 11.4 Å². The van der Waals surface area contributed by atoms with Gasteiger partial charge >= 0.3 is 7.12 Å². The van der Waals surface area contributed by atoms with Crippen molar-refractivity contribution in [2.45, 2.75) is 85.5 Å². The number of nitrogens with zero attached hydrogens (tertiary/aromatic N) is 2. The third-order valence-electron chi connectivity index (χ3n) is 7.62. The molecule has 1 heterocycles. The Morgan fingerprint density at radius 2 is 1.05 bits per heavy atom. The molecule has 0 aromatic heterocycles. The van der Waals surface area contributed by atoms with E-state index in [2.05, 4.69) is 120 Å². The summed E-state index contributed by atoms with van der Waals surface area (Å²) >= 11 is 0. The molecule has 0 atom stereocenters. The molecule has 0 saturated carbocycles. The summed E-state index contributed by atoms with van der Waals surface area (Å²) in [6.07, 6.45) is 10.8. The zero-order valence-electron chi connectivity index (χ0n) is 24.2. The predicted molar refractivity (Wildman–Crippen MR) is 162 cm³/mol. The van der Waals surface area contributed by atoms with Crippen molar-refractivity contribution in [3.05, 3.63) is 106 Å². The van der Waals surface area contributed by atoms with Gasteiger partial charge in [-0.3, -0.25) is 0 Å². The minimum absolute atomic E-state index is 0.330. The first-order valence-corrected chi connectivity index (χ1v) is 14.0. The van der Waals surface area contributed by atoms with Gasteiger partial charge in [0.25, 0.3) is 0 Å². The summed E-state index contributed by atoms with van der Waals surface area (Å²) in [4.78, 5) is 4.60. The van der Waals surface area contributed by atoms with E-state index in [0.29, 0.717) is 35.6 Å². The minimum Gasteiger partial charge on any atom is -0.423 e. The molecule has 200 valence electrons. The van der Waals surface area contributed by atoms with Crippen molar-refractivity contribution < 1.29 is 10.0 Å². The van der Waals surface area contributed by atoms with Crippen molar-refractivity contribution in [2.75, 3.05) is 9.80 Å². The van der Waals surface area contributed by atoms with E-state index in [-0.39, 0.29) is 0 Å². The molecular formula is C33H43BN2O2. The van der Waals surface area contributed by atoms with Crippen molar-refractivity contribution in [3.63, 3.8) is 0 Å². The fraction of sp³-hybridized carbons (Fsp3) is 0.394. The largest absolute Gasteiger partial charge is 0.488 e. The van der Waals surface area contributed by atoms with E-state index in [1.807, 2.05) is 12.2 Å². The monoisotopic (exact) mass is 510 g/mol. The fourth-order valence-corrected chi connectivity index (χ4v) is 5.66. The van der Waals surface area contributed by atoms with Crippen LogP contribution in [0.15, 0.2) is 83.9 Å². The molecule has 4 nitrogen and oxygen atoms in total. The van der Waals surface area contributed by atoms with Crippen LogP contribution >= 0.6 is 0 Å². The van der Waals surface area contributed by atoms with E-state index in [9.17, 15) is 10.0 Å². The lowest BCUT2D eigenvalue weighted by Crippen LogP contribution is -2.30. The summed E-state index contributed by atoms with van der Waals surface area (Å²) in [5.74, 6) is 2.29. The van der Waals surface area contributed by atoms with Crippen LogP contribution in [0.2, 0.25) is 0 Å². The van der Waals surface area contributed by atoms with Gasteiger partial charge in [0, 0.05) is 12.4 Å². The van der Waals surface area contributed by atoms with Gasteiger partial charge in [0.05, 0.1) is 11.4 Å². The van der Waals surface area contributed by atoms with Crippen molar-refractivity contribution in [3.8, 4) is 0 Å². The Kier molecular flexibility index (Phi) is 8.39. The van der Waals surface area contributed by atoms with Gasteiger partial charge in [0.2, 0.25) is 0 Å². The van der Waals surface area contributed by atoms with Crippen LogP contribution in [0.4, 0.5) is 11.4 Å². The predicted octanol–water partition coefficient (Wildman–Crippen LogP) is 8.09. The van der Waals surface area contributed by atoms with Crippen LogP contribution in [-0.2, 0) is 0 Å². The van der Waals surface area contributed by atoms with E-state index >= 15 is 0 Å². The topological polar surface area (TPSA) is 46.9 Å². The highest BCUT2D eigenvalue weighted by atomic mass is 16.4. The second-order valence-corrected chi connectivity index (χ2v) is 11.7. The van der Waals surface area contributed by atoms with Crippen molar-refractivity contribution in [1.29, 1.82) is 0 Å². The quantitative estimate of drug-likeness (QED) is 0.370. The highest BCUT2D eigenvalue weighted by Crippen LogP contribution is 2.46. The molecule has 4 rings (SSSR count). The molecule has 2 aromatic rings. The van der Waals surface area contributed by atoms with E-state index in [1.165, 1.54) is 33.6 Å². The number of para-hydroxylation sites is 2. The summed E-state index contributed by atoms with van der Waals surface area (Å²) in [5, 5.41) is 20.9. The van der Waals surface area contributed by atoms with Crippen molar-refractivity contribution in [2.24, 2.45) is 0 Å². The standard InChI is InChI=1S/C33H43BN2O2/c1-21(2)25-14-11-15-26(22(3)4)31(25)35-19-20-36(33(35)29-13-9-10-18-30(29)34(37)38)32-27(23(5)6)16-12-17-28(32)24(7)8/h9-12,14-24,37-38H,13H2,1-8H3. The molecule has 0 fully saturated rings. The molecule has 0 spiro atoms. The molecule has 38 heavy (non-hydrogen) atoms. The molecule has 0 unspecified atom stereocenters. The first-order valence-electron chi connectivity index (χ1n) is 14.0. The molecule has 2 aliphatic rings. The summed E-state index contributed by atoms with van der Waals surface area (Å²) in [5.41, 5.74) is 8.97. The third kappa shape index (κ3) is 5.15. The first kappa shape index (κ1) is 28.0. The maximum Gasteiger partial charge on any atom is 0.488 e. The Balaban J connectivity index is 2.08. The minimum atomic E-state index is -1.55. The Morgan fingerprint density at radius 1 is 0.658 bits per heavy atom. The number of benzene rings is 2. The number of allylic oxidation sites excluding steroid dienone is 5. The molecule has 1 aliphatic heterocycles. The third-order valence-corrected chi connectivity index (χ3v) is 7.62. The van der Waals surface area contributed by atoms with Gasteiger partial charge in [-0.15, -0.1) is 0 Å². The summed E-state index contributed by atoms with van der Waals surface area (Å²) < 4.78 is 0. The number of hydrogen-bond donors (Lipinski definition) is 2. The molecule has 0 amide bonds. The van der Waals surface area contributed by atoms with E-state index < -0.39 is 7.12 Å². The average molecular weight is 511 g/mol. The van der Waals surface area contributed by atoms with E-state index in [4.69, 9.17) is 0 Å². The van der Waals surface area contributed by atoms with Crippen LogP contribution in [0.5, 0.6) is 0 Å². The van der Waals surface area contributed by atoms with Gasteiger partial charge in [-0.05, 0) is 63.4 Å². The van der Waals surface area contributed by atoms with Gasteiger partial charge in [0.1, 0.15) is 5.82 Å². The second kappa shape index (κ2) is 11.4. The normalized spacial score (nSPS) is 15.7. The molecular weight excluding hydrogens is 467 g/mol. The Hall–Kier alpha value is -3.02. The first-order chi connectivity index (χ1) is 18.0. The Bertz CT molecular complexity index is 1170. The molecule has 0 saturated heterocycles. The lowest BCUT2D eigenvalue weighted by Gasteiger charge is -2.35. The van der Waals surface area contributed by atoms with Gasteiger partial charge in [-0.25, -0.2) is 0 Å². The van der Waals surface area contributed by atoms with E-state index in [1.54, 1.807) is 0 Å². The number of hydrogen-bond acceptors (Lipinski definition) is 4. The van der Waals surface area contributed by atoms with Crippen LogP contribution in [0.3, 0.4) is 0 Å². The highest BCUT2D eigenvalue weighted by molar-refractivity contribution is 6.52. The Labute approximate surface area is 229 Å². The van der Waals surface area contributed by atoms with Gasteiger partial charge in [-0.2, -0.15) is 0 Å². The maximum absolute atomic E-state index is 10.5. The SMILES string of the molecule is CC(C)c1cccc(C(C)C)c1N1C=CN(c2c(C(C)C)cccc2C(C)C)C1=C1CC=CC=C1B(O)O. The molecule has 2 N–H and O–H groups in total. The lowest BCUT2D eigenvalue weighted by atomic mass is 9.71. The van der Waals surface area contributed by atoms with Crippen LogP contribution in [0.25, 0.3) is 0 Å². The maximum atomic E-state index is 10.5. The van der Waals surface area contributed by atoms with Crippen LogP contribution < -0.4 is 9.80 Å². The molecule has 0 bridgehead atoms. The van der Waals surface area contributed by atoms with Crippen LogP contribution in [0.1, 0.15) is 108 Å². The van der Waals surface area contributed by atoms with Crippen LogP contribution in [-0.4, -0.2) is 17.2 Å². The zero-order valence-corrected chi connectivity index (χ0v) is 24.2. The van der Waals surface area contributed by atoms with Gasteiger partial charge in [-0.1, -0.05) is 110 Å². The smallest absolute Gasteiger partial charge is 0.423 e. The zero-order chi connectivity index (χ0) is 27.7. The molecule has 2 aromatic carbocycles. The molecule has 5 heteroatoms. The second-order valence-electron chi connectivity index (χ2n) is 11.7. The van der Waals surface area contributed by atoms with Gasteiger partial charge in [0.15, 0.2) is 0 Å². The summed E-state index contributed by atoms with van der Waals surface area (Å²) in [7, 11) is -1.55. The van der Waals surface area contributed by atoms with Crippen molar-refractivity contribution >= 4 is 18.5 Å². The summed E-state index contributed by atoms with van der Waals surface area (Å²) in [6.45, 7) is 17.9. The summed E-state index contributed by atoms with van der Waals surface area (Å²) in [6, 6.07) is 13.2. The number of rotatable bonds is 7. The van der Waals surface area contributed by atoms with Crippen LogP contribution in [0, 0.1) is 0 Å². The lowest BCUT2D eigenvalue weighted by molar-refractivity contribution is 0.419. The van der Waals surface area contributed by atoms with Crippen molar-refractivity contribution in [1.82, 2.24) is 0 Å². The van der Waals surface area contributed by atoms with Gasteiger partial charge < -0.3 is 19.8 Å². The molecule has 1 aliphatic carbocycles. The number of anilines is 2. The highest BCUT2D eigenvalue weighted by Gasteiger charge is 2.35.